The Kier molecular flexibility index (Phi) is 6.79. The zero-order valence-electron chi connectivity index (χ0n) is 29.1. The molecule has 0 aliphatic rings. The second-order valence-corrected chi connectivity index (χ2v) is 13.6. The summed E-state index contributed by atoms with van der Waals surface area (Å²) in [6.45, 7) is 0. The fraction of sp³-hybridized carbons (Fsp3) is 0. The lowest BCUT2D eigenvalue weighted by atomic mass is 10.0. The number of anilines is 3. The average molecular weight is 694 g/mol. The Hall–Kier alpha value is -7.37. The highest BCUT2D eigenvalue weighted by Gasteiger charge is 2.24. The van der Waals surface area contributed by atoms with Crippen LogP contribution in [-0.2, 0) is 0 Å². The van der Waals surface area contributed by atoms with Crippen molar-refractivity contribution in [2.24, 2.45) is 0 Å². The molecule has 0 aliphatic heterocycles. The number of para-hydroxylation sites is 3. The summed E-state index contributed by atoms with van der Waals surface area (Å²) in [5.74, 6) is 0.598. The second-order valence-electron chi connectivity index (χ2n) is 13.6. The van der Waals surface area contributed by atoms with E-state index in [1.807, 2.05) is 36.4 Å². The molecule has 0 bridgehead atoms. The van der Waals surface area contributed by atoms with Gasteiger partial charge in [0.2, 0.25) is 5.89 Å². The zero-order chi connectivity index (χ0) is 35.6. The molecule has 0 aliphatic carbocycles. The predicted molar refractivity (Wildman–Crippen MR) is 221 cm³/mol. The molecule has 254 valence electrons. The van der Waals surface area contributed by atoms with E-state index < -0.39 is 0 Å². The number of benzene rings is 8. The summed E-state index contributed by atoms with van der Waals surface area (Å²) in [6, 6.07) is 65.7. The van der Waals surface area contributed by atoms with Gasteiger partial charge in [-0.15, -0.1) is 0 Å². The molecule has 0 fully saturated rings. The van der Waals surface area contributed by atoms with Gasteiger partial charge in [-0.05, 0) is 72.3 Å². The topological polar surface area (TPSA) is 47.3 Å². The van der Waals surface area contributed by atoms with E-state index in [1.54, 1.807) is 0 Å². The molecule has 0 saturated carbocycles. The van der Waals surface area contributed by atoms with Gasteiger partial charge in [0.05, 0.1) is 22.4 Å². The lowest BCUT2D eigenvalue weighted by molar-refractivity contribution is 0.617. The number of hydrogen-bond acceptors (Lipinski definition) is 4. The highest BCUT2D eigenvalue weighted by molar-refractivity contribution is 6.17. The molecule has 0 amide bonds. The van der Waals surface area contributed by atoms with Crippen LogP contribution < -0.4 is 4.90 Å². The number of fused-ring (bicyclic) bond motifs is 7. The first-order valence-electron chi connectivity index (χ1n) is 18.1. The molecule has 54 heavy (non-hydrogen) atoms. The Morgan fingerprint density at radius 1 is 0.444 bits per heavy atom. The Morgan fingerprint density at radius 2 is 1.11 bits per heavy atom. The average Bonchev–Trinajstić information content (AvgIpc) is 3.92. The van der Waals surface area contributed by atoms with Crippen molar-refractivity contribution >= 4 is 71.9 Å². The SMILES string of the molecule is c1ccc(-c2nc3cc4c(cc3o2)oc2cc(N(c3ccccc3-c3ccccc3)c3cccc5c3c3ccccc3n5-c3ccccc3)ccc24)cc1. The van der Waals surface area contributed by atoms with Crippen LogP contribution in [0.15, 0.2) is 197 Å². The van der Waals surface area contributed by atoms with E-state index in [0.29, 0.717) is 11.5 Å². The van der Waals surface area contributed by atoms with Crippen molar-refractivity contribution in [1.82, 2.24) is 9.55 Å². The third kappa shape index (κ3) is 4.76. The van der Waals surface area contributed by atoms with E-state index in [4.69, 9.17) is 13.8 Å². The highest BCUT2D eigenvalue weighted by Crippen LogP contribution is 2.47. The first-order chi connectivity index (χ1) is 26.8. The van der Waals surface area contributed by atoms with Crippen LogP contribution in [0.2, 0.25) is 0 Å². The Balaban J connectivity index is 1.15. The largest absolute Gasteiger partial charge is 0.456 e. The van der Waals surface area contributed by atoms with Gasteiger partial charge in [0.15, 0.2) is 5.58 Å². The van der Waals surface area contributed by atoms with E-state index in [-0.39, 0.29) is 0 Å². The minimum Gasteiger partial charge on any atom is -0.456 e. The monoisotopic (exact) mass is 693 g/mol. The molecule has 11 aromatic rings. The maximum Gasteiger partial charge on any atom is 0.227 e. The summed E-state index contributed by atoms with van der Waals surface area (Å²) in [5.41, 5.74) is 12.8. The van der Waals surface area contributed by atoms with Crippen LogP contribution in [0, 0.1) is 0 Å². The number of nitrogens with zero attached hydrogens (tertiary/aromatic N) is 3. The van der Waals surface area contributed by atoms with Crippen LogP contribution in [0.3, 0.4) is 0 Å². The third-order valence-electron chi connectivity index (χ3n) is 10.4. The third-order valence-corrected chi connectivity index (χ3v) is 10.4. The Labute approximate surface area is 310 Å². The summed E-state index contributed by atoms with van der Waals surface area (Å²) < 4.78 is 15.2. The van der Waals surface area contributed by atoms with Crippen molar-refractivity contribution in [2.75, 3.05) is 4.90 Å². The summed E-state index contributed by atoms with van der Waals surface area (Å²) >= 11 is 0. The molecule has 0 radical (unpaired) electrons. The molecule has 8 aromatic carbocycles. The van der Waals surface area contributed by atoms with Crippen LogP contribution in [0.4, 0.5) is 17.1 Å². The van der Waals surface area contributed by atoms with Crippen molar-refractivity contribution < 1.29 is 8.83 Å². The van der Waals surface area contributed by atoms with Crippen molar-refractivity contribution in [2.45, 2.75) is 0 Å². The molecule has 0 spiro atoms. The van der Waals surface area contributed by atoms with Gasteiger partial charge in [-0.2, -0.15) is 0 Å². The van der Waals surface area contributed by atoms with E-state index in [2.05, 4.69) is 161 Å². The molecule has 3 heterocycles. The van der Waals surface area contributed by atoms with Gasteiger partial charge in [0.1, 0.15) is 16.7 Å². The number of hydrogen-bond donors (Lipinski definition) is 0. The van der Waals surface area contributed by atoms with Crippen LogP contribution in [0.1, 0.15) is 0 Å². The van der Waals surface area contributed by atoms with E-state index in [1.165, 1.54) is 10.8 Å². The molecule has 0 atom stereocenters. The smallest absolute Gasteiger partial charge is 0.227 e. The Morgan fingerprint density at radius 3 is 1.94 bits per heavy atom. The molecular weight excluding hydrogens is 663 g/mol. The van der Waals surface area contributed by atoms with Gasteiger partial charge < -0.3 is 18.3 Å². The molecule has 0 unspecified atom stereocenters. The van der Waals surface area contributed by atoms with Crippen LogP contribution in [0.5, 0.6) is 0 Å². The van der Waals surface area contributed by atoms with Gasteiger partial charge in [-0.3, -0.25) is 0 Å². The quantitative estimate of drug-likeness (QED) is 0.174. The zero-order valence-corrected chi connectivity index (χ0v) is 29.1. The van der Waals surface area contributed by atoms with E-state index >= 15 is 0 Å². The fourth-order valence-electron chi connectivity index (χ4n) is 8.01. The summed E-state index contributed by atoms with van der Waals surface area (Å²) in [5, 5.41) is 4.38. The van der Waals surface area contributed by atoms with Crippen LogP contribution in [-0.4, -0.2) is 9.55 Å². The fourth-order valence-corrected chi connectivity index (χ4v) is 8.01. The maximum atomic E-state index is 6.65. The minimum absolute atomic E-state index is 0.598. The van der Waals surface area contributed by atoms with Gasteiger partial charge >= 0.3 is 0 Å². The van der Waals surface area contributed by atoms with Crippen LogP contribution >= 0.6 is 0 Å². The number of aromatic nitrogens is 2. The molecule has 0 saturated heterocycles. The molecule has 11 rings (SSSR count). The maximum absolute atomic E-state index is 6.65. The number of rotatable bonds is 6. The van der Waals surface area contributed by atoms with Crippen molar-refractivity contribution in [3.63, 3.8) is 0 Å². The normalized spacial score (nSPS) is 11.7. The van der Waals surface area contributed by atoms with Gasteiger partial charge in [0, 0.05) is 56.2 Å². The standard InChI is InChI=1S/C49H31N3O2/c1-4-15-32(16-5-1)36-21-10-12-23-41(36)52(44-26-14-25-43-48(44)38-22-11-13-24-42(38)51(43)34-19-8-3-9-20-34)35-27-28-37-39-30-40-47(31-46(39)53-45(37)29-35)54-49(50-40)33-17-6-2-7-18-33/h1-31H. The molecule has 5 nitrogen and oxygen atoms in total. The van der Waals surface area contributed by atoms with E-state index in [9.17, 15) is 0 Å². The van der Waals surface area contributed by atoms with E-state index in [0.717, 1.165) is 77.9 Å². The lowest BCUT2D eigenvalue weighted by Gasteiger charge is -2.28. The minimum atomic E-state index is 0.598. The van der Waals surface area contributed by atoms with Crippen molar-refractivity contribution in [3.05, 3.63) is 188 Å². The van der Waals surface area contributed by atoms with Crippen molar-refractivity contribution in [3.8, 4) is 28.3 Å². The Bertz CT molecular complexity index is 3160. The van der Waals surface area contributed by atoms with Crippen molar-refractivity contribution in [1.29, 1.82) is 0 Å². The van der Waals surface area contributed by atoms with Gasteiger partial charge in [-0.1, -0.05) is 109 Å². The van der Waals surface area contributed by atoms with Crippen LogP contribution in [0.25, 0.3) is 83.1 Å². The van der Waals surface area contributed by atoms with Gasteiger partial charge in [0.25, 0.3) is 0 Å². The lowest BCUT2D eigenvalue weighted by Crippen LogP contribution is -2.11. The number of furan rings is 1. The molecule has 0 N–H and O–H groups in total. The first kappa shape index (κ1) is 30.3. The first-order valence-corrected chi connectivity index (χ1v) is 18.1. The summed E-state index contributed by atoms with van der Waals surface area (Å²) in [4.78, 5) is 7.23. The molecule has 5 heteroatoms. The number of oxazole rings is 1. The second kappa shape index (κ2) is 12.1. The summed E-state index contributed by atoms with van der Waals surface area (Å²) in [6.07, 6.45) is 0. The molecular formula is C49H31N3O2. The predicted octanol–water partition coefficient (Wildman–Crippen LogP) is 13.6. The van der Waals surface area contributed by atoms with Gasteiger partial charge in [-0.25, -0.2) is 4.98 Å². The summed E-state index contributed by atoms with van der Waals surface area (Å²) in [7, 11) is 0. The molecule has 3 aromatic heterocycles. The highest BCUT2D eigenvalue weighted by atomic mass is 16.4.